The molecule has 4 N–H and O–H groups in total. The Morgan fingerprint density at radius 2 is 0.495 bits per heavy atom. The van der Waals surface area contributed by atoms with Gasteiger partial charge in [0.15, 0.2) is 6.10 Å². The zero-order valence-corrected chi connectivity index (χ0v) is 67.1. The maximum atomic E-state index is 12.9. The average Bonchev–Trinajstić information content (AvgIpc) is 0.913. The van der Waals surface area contributed by atoms with Crippen molar-refractivity contribution in [1.82, 2.24) is 0 Å². The van der Waals surface area contributed by atoms with Crippen LogP contribution in [0.4, 0.5) is 0 Å². The second-order valence-corrected chi connectivity index (χ2v) is 29.3. The minimum Gasteiger partial charge on any atom is -0.463 e. The monoisotopic (exact) mass is 1510 g/mol. The number of hydrogen-bond acceptors (Lipinski definition) is 14. The zero-order chi connectivity index (χ0) is 76.6. The summed E-state index contributed by atoms with van der Waals surface area (Å²) < 4.78 is 61.0. The third kappa shape index (κ3) is 79.8. The molecule has 0 aliphatic heterocycles. The van der Waals surface area contributed by atoms with Crippen LogP contribution in [0.1, 0.15) is 303 Å². The summed E-state index contributed by atoms with van der Waals surface area (Å²) in [4.78, 5) is 58.6. The number of aliphatic hydroxyl groups is 2. The number of carbonyl (C=O) groups excluding carboxylic acids is 3. The highest BCUT2D eigenvalue weighted by molar-refractivity contribution is 7.47. The largest absolute Gasteiger partial charge is 0.472 e. The van der Waals surface area contributed by atoms with Crippen LogP contribution in [0.25, 0.3) is 0 Å². The summed E-state index contributed by atoms with van der Waals surface area (Å²) in [5.74, 6) is -1.70. The van der Waals surface area contributed by atoms with E-state index >= 15 is 0 Å². The molecule has 16 nitrogen and oxygen atoms in total. The van der Waals surface area contributed by atoms with Crippen molar-refractivity contribution < 1.29 is 75.8 Å². The Kier molecular flexibility index (Phi) is 74.7. The summed E-state index contributed by atoms with van der Waals surface area (Å²) >= 11 is 0. The summed E-state index contributed by atoms with van der Waals surface area (Å²) in [6.07, 6.45) is 100. The highest BCUT2D eigenvalue weighted by Gasteiger charge is 2.29. The molecule has 0 aromatic heterocycles. The molecule has 0 aromatic carbocycles. The number of ether oxygens (including phenoxy) is 3. The molecule has 5 atom stereocenters. The van der Waals surface area contributed by atoms with Gasteiger partial charge in [-0.2, -0.15) is 0 Å². The lowest BCUT2D eigenvalue weighted by atomic mass is 10.0. The minimum atomic E-state index is -4.96. The van der Waals surface area contributed by atoms with Crippen LogP contribution >= 0.6 is 15.6 Å². The van der Waals surface area contributed by atoms with E-state index in [-0.39, 0.29) is 19.3 Å². The van der Waals surface area contributed by atoms with Gasteiger partial charge in [-0.15, -0.1) is 0 Å². The smallest absolute Gasteiger partial charge is 0.463 e. The Labute approximate surface area is 637 Å². The Bertz CT molecular complexity index is 2590. The first-order valence-corrected chi connectivity index (χ1v) is 43.4. The lowest BCUT2D eigenvalue weighted by molar-refractivity contribution is -0.161. The van der Waals surface area contributed by atoms with Gasteiger partial charge in [0.25, 0.3) is 0 Å². The van der Waals surface area contributed by atoms with Gasteiger partial charge in [0.1, 0.15) is 25.4 Å². The summed E-state index contributed by atoms with van der Waals surface area (Å²) in [6.45, 7) is 2.22. The molecule has 0 aromatic rings. The molecule has 105 heavy (non-hydrogen) atoms. The molecule has 5 unspecified atom stereocenters. The number of phosphoric ester groups is 2. The van der Waals surface area contributed by atoms with Gasteiger partial charge in [0.2, 0.25) is 0 Å². The first-order valence-electron chi connectivity index (χ1n) is 40.4. The van der Waals surface area contributed by atoms with Crippen molar-refractivity contribution in [2.24, 2.45) is 0 Å². The van der Waals surface area contributed by atoms with Crippen LogP contribution in [-0.2, 0) is 55.8 Å². The number of phosphoric acid groups is 2. The fourth-order valence-corrected chi connectivity index (χ4v) is 12.0. The number of hydrogen-bond donors (Lipinski definition) is 4. The lowest BCUT2D eigenvalue weighted by Crippen LogP contribution is -2.30. The summed E-state index contributed by atoms with van der Waals surface area (Å²) in [5, 5.41) is 20.6. The van der Waals surface area contributed by atoms with Crippen molar-refractivity contribution in [2.45, 2.75) is 322 Å². The second kappa shape index (κ2) is 78.5. The maximum absolute atomic E-state index is 12.9. The molecular weight excluding hydrogens is 1360 g/mol. The van der Waals surface area contributed by atoms with Crippen LogP contribution in [-0.4, -0.2) is 95.9 Å². The van der Waals surface area contributed by atoms with E-state index in [4.69, 9.17) is 32.3 Å². The van der Waals surface area contributed by atoms with Crippen molar-refractivity contribution in [3.63, 3.8) is 0 Å². The number of aliphatic hydroxyl groups excluding tert-OH is 2. The quantitative estimate of drug-likeness (QED) is 0.0146. The molecule has 598 valence electrons. The molecule has 0 spiro atoms. The highest BCUT2D eigenvalue weighted by atomic mass is 31.2. The van der Waals surface area contributed by atoms with Gasteiger partial charge in [-0.1, -0.05) is 319 Å². The predicted molar refractivity (Wildman–Crippen MR) is 435 cm³/mol. The number of carbonyl (C=O) groups is 3. The fourth-order valence-electron chi connectivity index (χ4n) is 10.4. The summed E-state index contributed by atoms with van der Waals surface area (Å²) in [7, 11) is -9.82. The third-order valence-corrected chi connectivity index (χ3v) is 18.3. The van der Waals surface area contributed by atoms with Crippen LogP contribution in [0.5, 0.6) is 0 Å². The molecular formula is C87H144O16P2. The van der Waals surface area contributed by atoms with E-state index in [9.17, 15) is 43.5 Å². The van der Waals surface area contributed by atoms with Crippen LogP contribution in [0.3, 0.4) is 0 Å². The minimum absolute atomic E-state index is 0.0362. The standard InChI is InChI=1S/C87H144O16P2/c1-4-7-10-13-16-19-22-25-28-30-32-33-34-35-36-37-38-39-40-41-42-43-44-45-46-47-49-51-53-55-58-61-64-67-70-73-85(90)97-76-82(88)77-99-104(93,94)100-78-83(89)79-101-105(95,96)102-81-84(103-87(92)75-72-69-66-63-60-57-52-27-24-21-18-15-12-9-6-3)80-98-86(91)74-71-68-65-62-59-56-54-50-48-31-29-26-23-20-17-14-11-8-5-2/h7-12,16-21,25-29,32-33,35-36,48,50,52,56,59,65,68,82-84,88-89H,4-6,13-15,22-24,30-31,34,37-47,49,51,53-55,57-58,60-64,66-67,69-81H2,1-3H3,(H,93,94)(H,95,96)/b10-7-,11-8-,12-9-,19-16-,20-17-,21-18-,28-25-,29-26-,33-32-,36-35-,50-48-,52-27-,59-56-,68-65-. The molecule has 18 heteroatoms. The van der Waals surface area contributed by atoms with Crippen LogP contribution < -0.4 is 0 Å². The molecule has 0 bridgehead atoms. The van der Waals surface area contributed by atoms with E-state index in [0.29, 0.717) is 25.7 Å². The SMILES string of the molecule is CC/C=C\C/C=C\C/C=C\C/C=C\C/C=C\C/C=C\CCC(=O)OCC(COP(=O)(O)OCC(O)COP(=O)(O)OCC(O)COC(=O)CCCCCCCCCCCCCCCCCCCCC/C=C\C/C=C\C/C=C\C/C=C\C/C=C\CC)OC(=O)CCCCCCC/C=C\C/C=C\C/C=C\CC. The molecule has 0 saturated heterocycles. The second-order valence-electron chi connectivity index (χ2n) is 26.4. The highest BCUT2D eigenvalue weighted by Crippen LogP contribution is 2.45. The van der Waals surface area contributed by atoms with Gasteiger partial charge in [-0.25, -0.2) is 9.13 Å². The van der Waals surface area contributed by atoms with Crippen molar-refractivity contribution >= 4 is 33.6 Å². The van der Waals surface area contributed by atoms with Gasteiger partial charge in [-0.05, 0) is 135 Å². The summed E-state index contributed by atoms with van der Waals surface area (Å²) in [6, 6.07) is 0. The first kappa shape index (κ1) is 99.9. The molecule has 0 rings (SSSR count). The van der Waals surface area contributed by atoms with Crippen LogP contribution in [0.2, 0.25) is 0 Å². The van der Waals surface area contributed by atoms with Crippen molar-refractivity contribution in [2.75, 3.05) is 39.6 Å². The van der Waals surface area contributed by atoms with Gasteiger partial charge in [-0.3, -0.25) is 32.5 Å². The number of rotatable bonds is 75. The average molecular weight is 1510 g/mol. The van der Waals surface area contributed by atoms with E-state index < -0.39 is 91.5 Å². The first-order chi connectivity index (χ1) is 51.2. The van der Waals surface area contributed by atoms with Crippen molar-refractivity contribution in [1.29, 1.82) is 0 Å². The Morgan fingerprint density at radius 1 is 0.267 bits per heavy atom. The fraction of sp³-hybridized carbons (Fsp3) is 0.644. The Morgan fingerprint density at radius 3 is 0.810 bits per heavy atom. The number of unbranched alkanes of at least 4 members (excludes halogenated alkanes) is 24. The van der Waals surface area contributed by atoms with Crippen LogP contribution in [0.15, 0.2) is 170 Å². The van der Waals surface area contributed by atoms with Gasteiger partial charge < -0.3 is 34.2 Å². The lowest BCUT2D eigenvalue weighted by Gasteiger charge is -2.21. The number of esters is 3. The third-order valence-electron chi connectivity index (χ3n) is 16.4. The number of allylic oxidation sites excluding steroid dienone is 28. The normalized spacial score (nSPS) is 14.8. The molecule has 0 aliphatic rings. The zero-order valence-electron chi connectivity index (χ0n) is 65.3. The van der Waals surface area contributed by atoms with E-state index in [2.05, 4.69) is 173 Å². The van der Waals surface area contributed by atoms with Crippen molar-refractivity contribution in [3.8, 4) is 0 Å². The van der Waals surface area contributed by atoms with Gasteiger partial charge >= 0.3 is 33.6 Å². The van der Waals surface area contributed by atoms with E-state index in [1.807, 2.05) is 18.2 Å². The molecule has 0 fully saturated rings. The van der Waals surface area contributed by atoms with E-state index in [1.54, 1.807) is 0 Å². The van der Waals surface area contributed by atoms with Crippen LogP contribution in [0, 0.1) is 0 Å². The Balaban J connectivity index is 4.45. The maximum Gasteiger partial charge on any atom is 0.472 e. The predicted octanol–water partition coefficient (Wildman–Crippen LogP) is 24.0. The summed E-state index contributed by atoms with van der Waals surface area (Å²) in [5.41, 5.74) is 0. The molecule has 0 amide bonds. The topological polar surface area (TPSA) is 231 Å². The molecule has 0 heterocycles. The molecule has 0 aliphatic carbocycles. The Hall–Kier alpha value is -5.09. The van der Waals surface area contributed by atoms with Gasteiger partial charge in [0, 0.05) is 19.3 Å². The van der Waals surface area contributed by atoms with E-state index in [0.717, 1.165) is 135 Å². The van der Waals surface area contributed by atoms with Gasteiger partial charge in [0.05, 0.1) is 26.4 Å². The van der Waals surface area contributed by atoms with Crippen molar-refractivity contribution in [3.05, 3.63) is 170 Å². The molecule has 0 saturated carbocycles. The van der Waals surface area contributed by atoms with E-state index in [1.165, 1.54) is 103 Å². The molecule has 0 radical (unpaired) electrons.